The highest BCUT2D eigenvalue weighted by atomic mass is 32.2. The first-order valence-electron chi connectivity index (χ1n) is 21.1. The van der Waals surface area contributed by atoms with Crippen molar-refractivity contribution in [2.75, 3.05) is 19.9 Å². The number of methoxy groups -OCH3 is 1. The molecule has 10 rings (SSSR count). The molecule has 15 nitrogen and oxygen atoms in total. The minimum absolute atomic E-state index is 0.0158. The van der Waals surface area contributed by atoms with E-state index in [1.807, 2.05) is 0 Å². The van der Waals surface area contributed by atoms with Gasteiger partial charge in [-0.2, -0.15) is 8.42 Å². The number of rotatable bonds is 4. The molecule has 10 aliphatic heterocycles. The topological polar surface area (TPSA) is 201 Å². The Balaban J connectivity index is 0.000000859. The van der Waals surface area contributed by atoms with Gasteiger partial charge in [-0.05, 0) is 62.0 Å². The van der Waals surface area contributed by atoms with Crippen molar-refractivity contribution >= 4 is 15.9 Å². The van der Waals surface area contributed by atoms with Gasteiger partial charge < -0.3 is 53.5 Å². The Kier molecular flexibility index (Phi) is 12.5. The van der Waals surface area contributed by atoms with Crippen molar-refractivity contribution in [3.05, 3.63) is 24.3 Å². The number of aliphatic hydroxyl groups is 1. The lowest BCUT2D eigenvalue weighted by Crippen LogP contribution is -2.61. The Bertz CT molecular complexity index is 1600. The Morgan fingerprint density at radius 1 is 0.825 bits per heavy atom. The number of hydrogen-bond donors (Lipinski definition) is 3. The highest BCUT2D eigenvalue weighted by molar-refractivity contribution is 7.85. The summed E-state index contributed by atoms with van der Waals surface area (Å²) >= 11 is 0. The summed E-state index contributed by atoms with van der Waals surface area (Å²) in [4.78, 5) is 14.1. The second-order valence-corrected chi connectivity index (χ2v) is 19.6. The molecule has 0 amide bonds. The molecule has 4 N–H and O–H groups in total. The van der Waals surface area contributed by atoms with Crippen molar-refractivity contribution in [1.29, 1.82) is 0 Å². The molecule has 16 heteroatoms. The van der Waals surface area contributed by atoms with E-state index in [4.69, 9.17) is 52.9 Å². The molecule has 10 heterocycles. The van der Waals surface area contributed by atoms with Crippen LogP contribution in [-0.2, 0) is 57.5 Å². The largest absolute Gasteiger partial charge is 0.392 e. The monoisotopic (exact) mass is 825 g/mol. The number of carbonyl (C=O) groups excluding carboxylic acids is 1. The zero-order valence-corrected chi connectivity index (χ0v) is 34.3. The van der Waals surface area contributed by atoms with Crippen molar-refractivity contribution in [2.45, 2.75) is 194 Å². The van der Waals surface area contributed by atoms with E-state index in [1.54, 1.807) is 7.11 Å². The molecule has 0 aliphatic carbocycles. The van der Waals surface area contributed by atoms with E-state index < -0.39 is 28.1 Å². The minimum atomic E-state index is -3.67. The number of hydrogen-bond acceptors (Lipinski definition) is 14. The molecule has 10 aliphatic rings. The quantitative estimate of drug-likeness (QED) is 0.276. The van der Waals surface area contributed by atoms with E-state index in [0.29, 0.717) is 31.9 Å². The van der Waals surface area contributed by atoms with Crippen LogP contribution in [0.15, 0.2) is 24.3 Å². The van der Waals surface area contributed by atoms with Crippen LogP contribution < -0.4 is 5.73 Å². The van der Waals surface area contributed by atoms with E-state index in [-0.39, 0.29) is 122 Å². The van der Waals surface area contributed by atoms with Crippen LogP contribution in [0.5, 0.6) is 0 Å². The van der Waals surface area contributed by atoms with Crippen molar-refractivity contribution in [3.8, 4) is 0 Å². The Labute approximate surface area is 336 Å². The molecule has 0 unspecified atom stereocenters. The fraction of sp³-hybridized carbons (Fsp3) is 0.878. The van der Waals surface area contributed by atoms with Crippen molar-refractivity contribution < 1.29 is 65.5 Å². The van der Waals surface area contributed by atoms with Gasteiger partial charge in [0.2, 0.25) is 0 Å². The van der Waals surface area contributed by atoms with Crippen molar-refractivity contribution in [3.63, 3.8) is 0 Å². The van der Waals surface area contributed by atoms with Crippen molar-refractivity contribution in [1.82, 2.24) is 0 Å². The third-order valence-corrected chi connectivity index (χ3v) is 14.0. The number of ketones is 1. The predicted octanol–water partition coefficient (Wildman–Crippen LogP) is 2.94. The first kappa shape index (κ1) is 42.3. The lowest BCUT2D eigenvalue weighted by atomic mass is 9.81. The van der Waals surface area contributed by atoms with Gasteiger partial charge in [0.1, 0.15) is 36.3 Å². The molecule has 10 fully saturated rings. The SMILES string of the molecule is C=C1C[C@@H]2CC[C@@]34C[C@H]5O[C@@H]6[C@@H](O3)[C@H]3O[C@H](CC[C@@H]3O[C@@H]6[C@H]5O4)CC(=O)C[C@@H]3[C@@H](OC)[C@@H](C[C@H](O)CN)O[C@H]3C[C@H]3O[C@@H](CC[C@@H]1O2)C[C@@H](C)C3=C.CS(=O)(=O)O. The third kappa shape index (κ3) is 9.00. The fourth-order valence-electron chi connectivity index (χ4n) is 11.3. The molecule has 0 aromatic heterocycles. The van der Waals surface area contributed by atoms with Gasteiger partial charge in [-0.25, -0.2) is 0 Å². The maximum Gasteiger partial charge on any atom is 0.261 e. The van der Waals surface area contributed by atoms with Gasteiger partial charge in [0.25, 0.3) is 10.1 Å². The lowest BCUT2D eigenvalue weighted by Gasteiger charge is -2.47. The molecule has 10 saturated heterocycles. The number of fused-ring (bicyclic) bond motifs is 6. The van der Waals surface area contributed by atoms with Gasteiger partial charge >= 0.3 is 0 Å². The van der Waals surface area contributed by atoms with Crippen LogP contribution in [0.25, 0.3) is 0 Å². The molecule has 0 aromatic rings. The normalized spacial score (nSPS) is 48.8. The average molecular weight is 826 g/mol. The summed E-state index contributed by atoms with van der Waals surface area (Å²) in [5, 5.41) is 10.5. The molecule has 12 bridgehead atoms. The lowest BCUT2D eigenvalue weighted by molar-refractivity contribution is -0.292. The predicted molar refractivity (Wildman–Crippen MR) is 204 cm³/mol. The number of carbonyl (C=O) groups is 1. The van der Waals surface area contributed by atoms with Crippen LogP contribution in [0.4, 0.5) is 0 Å². The zero-order chi connectivity index (χ0) is 40.4. The number of nitrogens with two attached hydrogens (primary N) is 1. The summed E-state index contributed by atoms with van der Waals surface area (Å²) in [5.74, 6) is -0.619. The number of aliphatic hydroxyl groups excluding tert-OH is 1. The molecule has 0 radical (unpaired) electrons. The second kappa shape index (κ2) is 16.8. The molecule has 1 spiro atoms. The van der Waals surface area contributed by atoms with E-state index in [2.05, 4.69) is 20.1 Å². The van der Waals surface area contributed by atoms with Crippen LogP contribution in [0.1, 0.15) is 90.4 Å². The standard InChI is InChI=1S/C40H59NO11.CH4O3S/c1-19-11-24-5-7-28-20(2)12-26(45-28)9-10-40-17-33-36(51-40)37-38(50-33)39(52-40)35-29(49-37)8-6-25(47-35)13-22(42)14-27-31(16-30(46-24)21(19)3)48-32(34(27)44-4)15-23(43)18-41;1-5(2,3)4/h19,23-39,43H,2-3,5-18,41H2,1,4H3;1H3,(H,2,3,4)/t19-,23+,24+,25-,26+,27+,28+,29+,30-,31+,32-,33-,34-,35+,36+,37-,38+,39+,40+;/m1./s1. The average Bonchev–Trinajstić information content (AvgIpc) is 3.82. The smallest absolute Gasteiger partial charge is 0.261 e. The van der Waals surface area contributed by atoms with E-state index in [1.165, 1.54) is 0 Å². The van der Waals surface area contributed by atoms with Gasteiger partial charge in [0.05, 0.1) is 73.4 Å². The minimum Gasteiger partial charge on any atom is -0.392 e. The molecular formula is C41H63NO14S. The molecule has 0 aromatic carbocycles. The zero-order valence-electron chi connectivity index (χ0n) is 33.5. The fourth-order valence-corrected chi connectivity index (χ4v) is 11.3. The van der Waals surface area contributed by atoms with Crippen LogP contribution in [0.3, 0.4) is 0 Å². The highest BCUT2D eigenvalue weighted by Gasteiger charge is 2.68. The summed E-state index contributed by atoms with van der Waals surface area (Å²) in [6.07, 6.45) is 5.57. The van der Waals surface area contributed by atoms with Gasteiger partial charge in [-0.15, -0.1) is 0 Å². The van der Waals surface area contributed by atoms with Crippen LogP contribution >= 0.6 is 0 Å². The highest BCUT2D eigenvalue weighted by Crippen LogP contribution is 2.54. The third-order valence-electron chi connectivity index (χ3n) is 14.0. The first-order chi connectivity index (χ1) is 27.1. The second-order valence-electron chi connectivity index (χ2n) is 18.2. The van der Waals surface area contributed by atoms with Crippen molar-refractivity contribution in [2.24, 2.45) is 17.6 Å². The summed E-state index contributed by atoms with van der Waals surface area (Å²) in [5.41, 5.74) is 8.01. The Hall–Kier alpha value is -1.38. The first-order valence-corrected chi connectivity index (χ1v) is 22.9. The van der Waals surface area contributed by atoms with Gasteiger partial charge in [0, 0.05) is 58.1 Å². The number of Topliss-reactive ketones (excluding diaryl/α,β-unsaturated/α-hetero) is 1. The summed E-state index contributed by atoms with van der Waals surface area (Å²) in [7, 11) is -2.01. The maximum atomic E-state index is 14.1. The molecule has 0 saturated carbocycles. The Morgan fingerprint density at radius 3 is 2.26 bits per heavy atom. The van der Waals surface area contributed by atoms with Gasteiger partial charge in [0.15, 0.2) is 5.79 Å². The summed E-state index contributed by atoms with van der Waals surface area (Å²) in [6, 6.07) is 0. The molecule has 19 atom stereocenters. The molecule has 57 heavy (non-hydrogen) atoms. The summed E-state index contributed by atoms with van der Waals surface area (Å²) < 4.78 is 85.9. The maximum absolute atomic E-state index is 14.1. The molecule has 322 valence electrons. The van der Waals surface area contributed by atoms with Crippen LogP contribution in [0, 0.1) is 11.8 Å². The molecular weight excluding hydrogens is 763 g/mol. The van der Waals surface area contributed by atoms with E-state index in [9.17, 15) is 18.3 Å². The van der Waals surface area contributed by atoms with E-state index >= 15 is 0 Å². The van der Waals surface area contributed by atoms with E-state index in [0.717, 1.165) is 56.1 Å². The van der Waals surface area contributed by atoms with Gasteiger partial charge in [-0.3, -0.25) is 9.35 Å². The number of ether oxygens (including phenoxy) is 9. The van der Waals surface area contributed by atoms with Crippen LogP contribution in [0.2, 0.25) is 0 Å². The summed E-state index contributed by atoms with van der Waals surface area (Å²) in [6.45, 7) is 11.3. The van der Waals surface area contributed by atoms with Crippen LogP contribution in [-0.4, -0.2) is 147 Å². The Morgan fingerprint density at radius 2 is 1.51 bits per heavy atom. The van der Waals surface area contributed by atoms with Gasteiger partial charge in [-0.1, -0.05) is 20.1 Å².